The third kappa shape index (κ3) is 4.62. The Morgan fingerprint density at radius 3 is 2.40 bits per heavy atom. The molecule has 1 aliphatic rings. The Kier molecular flexibility index (Phi) is 5.99. The van der Waals surface area contributed by atoms with Crippen LogP contribution in [0.3, 0.4) is 0 Å². The zero-order valence-corrected chi connectivity index (χ0v) is 16.7. The largest absolute Gasteiger partial charge is 0.497 e. The monoisotopic (exact) mass is 410 g/mol. The summed E-state index contributed by atoms with van der Waals surface area (Å²) < 4.78 is 19.9. The standard InChI is InChI=1S/C21H23FN6O2/c1-30-19-8-2-16(3-9-19)14-21(29)27-12-10-26(11-13-27)15-20-23-24-25-28(20)18-6-4-17(22)5-7-18/h2-9H,10-15H2,1H3. The molecule has 1 aliphatic heterocycles. The molecule has 0 bridgehead atoms. The topological polar surface area (TPSA) is 76.4 Å². The minimum atomic E-state index is -0.302. The summed E-state index contributed by atoms with van der Waals surface area (Å²) in [7, 11) is 1.62. The molecular weight excluding hydrogens is 387 g/mol. The SMILES string of the molecule is COc1ccc(CC(=O)N2CCN(Cc3nnnn3-c3ccc(F)cc3)CC2)cc1. The van der Waals surface area contributed by atoms with Crippen LogP contribution in [0.1, 0.15) is 11.4 Å². The molecule has 4 rings (SSSR count). The van der Waals surface area contributed by atoms with Crippen LogP contribution in [0, 0.1) is 5.82 Å². The Bertz CT molecular complexity index is 981. The number of carbonyl (C=O) groups excluding carboxylic acids is 1. The highest BCUT2D eigenvalue weighted by Crippen LogP contribution is 2.15. The fourth-order valence-electron chi connectivity index (χ4n) is 3.47. The summed E-state index contributed by atoms with van der Waals surface area (Å²) in [5, 5.41) is 11.9. The summed E-state index contributed by atoms with van der Waals surface area (Å²) >= 11 is 0. The van der Waals surface area contributed by atoms with E-state index in [0.717, 1.165) is 24.4 Å². The molecule has 0 radical (unpaired) electrons. The van der Waals surface area contributed by atoms with Crippen LogP contribution >= 0.6 is 0 Å². The molecular formula is C21H23FN6O2. The molecule has 1 amide bonds. The smallest absolute Gasteiger partial charge is 0.227 e. The number of carbonyl (C=O) groups is 1. The average molecular weight is 410 g/mol. The van der Waals surface area contributed by atoms with Gasteiger partial charge >= 0.3 is 0 Å². The summed E-state index contributed by atoms with van der Waals surface area (Å²) in [6, 6.07) is 13.6. The van der Waals surface area contributed by atoms with Crippen LogP contribution < -0.4 is 4.74 Å². The molecule has 3 aromatic rings. The highest BCUT2D eigenvalue weighted by atomic mass is 19.1. The van der Waals surface area contributed by atoms with E-state index in [9.17, 15) is 9.18 Å². The highest BCUT2D eigenvalue weighted by Gasteiger charge is 2.23. The van der Waals surface area contributed by atoms with Gasteiger partial charge in [-0.1, -0.05) is 12.1 Å². The van der Waals surface area contributed by atoms with Crippen molar-refractivity contribution < 1.29 is 13.9 Å². The number of piperazine rings is 1. The van der Waals surface area contributed by atoms with Crippen LogP contribution in [0.5, 0.6) is 5.75 Å². The number of halogens is 1. The molecule has 0 unspecified atom stereocenters. The number of ether oxygens (including phenoxy) is 1. The Morgan fingerprint density at radius 2 is 1.73 bits per heavy atom. The summed E-state index contributed by atoms with van der Waals surface area (Å²) in [5.74, 6) is 1.28. The van der Waals surface area contributed by atoms with Crippen molar-refractivity contribution in [1.29, 1.82) is 0 Å². The van der Waals surface area contributed by atoms with E-state index in [4.69, 9.17) is 4.74 Å². The van der Waals surface area contributed by atoms with E-state index in [0.29, 0.717) is 37.6 Å². The number of methoxy groups -OCH3 is 1. The predicted octanol–water partition coefficient (Wildman–Crippen LogP) is 1.70. The summed E-state index contributed by atoms with van der Waals surface area (Å²) in [5.41, 5.74) is 1.69. The second-order valence-electron chi connectivity index (χ2n) is 7.17. The number of benzene rings is 2. The number of hydrogen-bond acceptors (Lipinski definition) is 6. The second kappa shape index (κ2) is 9.00. The molecule has 8 nitrogen and oxygen atoms in total. The fourth-order valence-corrected chi connectivity index (χ4v) is 3.47. The molecule has 0 spiro atoms. The molecule has 0 atom stereocenters. The van der Waals surface area contributed by atoms with Crippen molar-refractivity contribution in [2.75, 3.05) is 33.3 Å². The van der Waals surface area contributed by atoms with Crippen molar-refractivity contribution in [2.24, 2.45) is 0 Å². The van der Waals surface area contributed by atoms with Gasteiger partial charge in [-0.25, -0.2) is 4.39 Å². The Labute approximate surface area is 173 Å². The van der Waals surface area contributed by atoms with Crippen LogP contribution in [0.4, 0.5) is 4.39 Å². The summed E-state index contributed by atoms with van der Waals surface area (Å²) in [6.07, 6.45) is 0.382. The van der Waals surface area contributed by atoms with E-state index in [1.54, 1.807) is 23.9 Å². The van der Waals surface area contributed by atoms with Crippen molar-refractivity contribution >= 4 is 5.91 Å². The third-order valence-electron chi connectivity index (χ3n) is 5.21. The summed E-state index contributed by atoms with van der Waals surface area (Å²) in [4.78, 5) is 16.7. The van der Waals surface area contributed by atoms with Gasteiger partial charge in [0.1, 0.15) is 11.6 Å². The minimum Gasteiger partial charge on any atom is -0.497 e. The van der Waals surface area contributed by atoms with Crippen molar-refractivity contribution in [3.05, 3.63) is 65.7 Å². The first-order chi connectivity index (χ1) is 14.6. The van der Waals surface area contributed by atoms with E-state index in [2.05, 4.69) is 20.4 Å². The molecule has 9 heteroatoms. The lowest BCUT2D eigenvalue weighted by atomic mass is 10.1. The van der Waals surface area contributed by atoms with Gasteiger partial charge in [0.25, 0.3) is 0 Å². The molecule has 1 fully saturated rings. The maximum atomic E-state index is 13.2. The van der Waals surface area contributed by atoms with Gasteiger partial charge in [0.15, 0.2) is 5.82 Å². The van der Waals surface area contributed by atoms with E-state index < -0.39 is 0 Å². The van der Waals surface area contributed by atoms with Gasteiger partial charge in [0, 0.05) is 26.2 Å². The van der Waals surface area contributed by atoms with Gasteiger partial charge in [-0.2, -0.15) is 4.68 Å². The number of rotatable bonds is 6. The van der Waals surface area contributed by atoms with Gasteiger partial charge in [0.2, 0.25) is 5.91 Å². The molecule has 2 aromatic carbocycles. The van der Waals surface area contributed by atoms with Crippen molar-refractivity contribution in [1.82, 2.24) is 30.0 Å². The number of amides is 1. The lowest BCUT2D eigenvalue weighted by Crippen LogP contribution is -2.48. The van der Waals surface area contributed by atoms with Gasteiger partial charge in [0.05, 0.1) is 25.8 Å². The molecule has 2 heterocycles. The Hall–Kier alpha value is -3.33. The number of nitrogens with zero attached hydrogens (tertiary/aromatic N) is 6. The van der Waals surface area contributed by atoms with E-state index in [-0.39, 0.29) is 11.7 Å². The molecule has 0 saturated carbocycles. The minimum absolute atomic E-state index is 0.121. The number of hydrogen-bond donors (Lipinski definition) is 0. The number of tetrazole rings is 1. The van der Waals surface area contributed by atoms with Crippen LogP contribution in [-0.4, -0.2) is 69.2 Å². The van der Waals surface area contributed by atoms with E-state index in [1.165, 1.54) is 12.1 Å². The zero-order chi connectivity index (χ0) is 20.9. The quantitative estimate of drug-likeness (QED) is 0.616. The lowest BCUT2D eigenvalue weighted by molar-refractivity contribution is -0.132. The van der Waals surface area contributed by atoms with Crippen molar-refractivity contribution in [2.45, 2.75) is 13.0 Å². The molecule has 1 aromatic heterocycles. The molecule has 30 heavy (non-hydrogen) atoms. The Morgan fingerprint density at radius 1 is 1.03 bits per heavy atom. The fraction of sp³-hybridized carbons (Fsp3) is 0.333. The first-order valence-corrected chi connectivity index (χ1v) is 9.78. The maximum Gasteiger partial charge on any atom is 0.227 e. The van der Waals surface area contributed by atoms with Crippen LogP contribution in [0.2, 0.25) is 0 Å². The average Bonchev–Trinajstić information content (AvgIpc) is 3.23. The molecule has 1 saturated heterocycles. The molecule has 156 valence electrons. The zero-order valence-electron chi connectivity index (χ0n) is 16.7. The summed E-state index contributed by atoms with van der Waals surface area (Å²) in [6.45, 7) is 3.36. The Balaban J connectivity index is 1.31. The van der Waals surface area contributed by atoms with E-state index >= 15 is 0 Å². The first kappa shape index (κ1) is 20.0. The van der Waals surface area contributed by atoms with Crippen LogP contribution in [-0.2, 0) is 17.8 Å². The first-order valence-electron chi connectivity index (χ1n) is 9.78. The van der Waals surface area contributed by atoms with Gasteiger partial charge < -0.3 is 9.64 Å². The van der Waals surface area contributed by atoms with Crippen molar-refractivity contribution in [3.8, 4) is 11.4 Å². The predicted molar refractivity (Wildman–Crippen MR) is 108 cm³/mol. The lowest BCUT2D eigenvalue weighted by Gasteiger charge is -2.34. The number of aromatic nitrogens is 4. The van der Waals surface area contributed by atoms with Gasteiger partial charge in [-0.3, -0.25) is 9.69 Å². The van der Waals surface area contributed by atoms with Crippen LogP contribution in [0.25, 0.3) is 5.69 Å². The maximum absolute atomic E-state index is 13.2. The normalized spacial score (nSPS) is 14.7. The van der Waals surface area contributed by atoms with Gasteiger partial charge in [-0.05, 0) is 52.4 Å². The second-order valence-corrected chi connectivity index (χ2v) is 7.17. The molecule has 0 N–H and O–H groups in total. The third-order valence-corrected chi connectivity index (χ3v) is 5.21. The van der Waals surface area contributed by atoms with Crippen LogP contribution in [0.15, 0.2) is 48.5 Å². The van der Waals surface area contributed by atoms with E-state index in [1.807, 2.05) is 29.2 Å². The molecule has 0 aliphatic carbocycles. The van der Waals surface area contributed by atoms with Gasteiger partial charge in [-0.15, -0.1) is 5.10 Å². The highest BCUT2D eigenvalue weighted by molar-refractivity contribution is 5.79. The van der Waals surface area contributed by atoms with Crippen molar-refractivity contribution in [3.63, 3.8) is 0 Å².